The fourth-order valence-electron chi connectivity index (χ4n) is 10.8. The number of aldehydes is 1. The predicted octanol–water partition coefficient (Wildman–Crippen LogP) is 6.87. The van der Waals surface area contributed by atoms with Crippen molar-refractivity contribution in [3.05, 3.63) is 22.8 Å². The third-order valence-electron chi connectivity index (χ3n) is 13.0. The summed E-state index contributed by atoms with van der Waals surface area (Å²) in [5, 5.41) is 13.5. The quantitative estimate of drug-likeness (QED) is 0.402. The highest BCUT2D eigenvalue weighted by Gasteiger charge is 2.69. The third-order valence-corrected chi connectivity index (χ3v) is 13.0. The van der Waals surface area contributed by atoms with E-state index in [-0.39, 0.29) is 50.9 Å². The Kier molecular flexibility index (Phi) is 6.27. The number of carbonyl (C=O) groups excluding carboxylic acids is 3. The number of hydrogen-bond donors (Lipinski definition) is 1. The van der Waals surface area contributed by atoms with E-state index in [0.717, 1.165) is 56.8 Å². The molecule has 0 aromatic rings. The van der Waals surface area contributed by atoms with Gasteiger partial charge in [-0.25, -0.2) is 0 Å². The van der Waals surface area contributed by atoms with E-state index in [1.165, 1.54) is 5.57 Å². The van der Waals surface area contributed by atoms with Crippen LogP contribution in [0.1, 0.15) is 113 Å². The summed E-state index contributed by atoms with van der Waals surface area (Å²) in [5.41, 5.74) is 0.846. The van der Waals surface area contributed by atoms with Crippen LogP contribution in [0, 0.1) is 56.2 Å². The summed E-state index contributed by atoms with van der Waals surface area (Å²) in [6.07, 6.45) is 11.2. The average Bonchev–Trinajstić information content (AvgIpc) is 2.87. The average molecular weight is 533 g/mol. The molecule has 39 heavy (non-hydrogen) atoms. The zero-order chi connectivity index (χ0) is 28.8. The van der Waals surface area contributed by atoms with Gasteiger partial charge in [0, 0.05) is 22.8 Å². The molecule has 5 aliphatic rings. The van der Waals surface area contributed by atoms with E-state index in [2.05, 4.69) is 46.0 Å². The lowest BCUT2D eigenvalue weighted by Crippen LogP contribution is -2.68. The molecule has 5 rings (SSSR count). The monoisotopic (exact) mass is 532 g/mol. The normalized spacial score (nSPS) is 44.0. The van der Waals surface area contributed by atoms with E-state index in [0.29, 0.717) is 18.8 Å². The highest BCUT2D eigenvalue weighted by Crippen LogP contribution is 2.74. The minimum atomic E-state index is -0.659. The summed E-state index contributed by atoms with van der Waals surface area (Å²) in [6, 6.07) is 2.21. The number of ketones is 1. The summed E-state index contributed by atoms with van der Waals surface area (Å²) in [5.74, 6) is 0.711. The zero-order valence-corrected chi connectivity index (χ0v) is 25.4. The number of rotatable bonds is 3. The number of fused-ring (bicyclic) bond motifs is 7. The molecule has 5 aliphatic carbocycles. The van der Waals surface area contributed by atoms with Crippen molar-refractivity contribution in [3.8, 4) is 6.07 Å². The van der Waals surface area contributed by atoms with Gasteiger partial charge in [-0.3, -0.25) is 14.4 Å². The van der Waals surface area contributed by atoms with Crippen LogP contribution in [0.5, 0.6) is 0 Å². The summed E-state index contributed by atoms with van der Waals surface area (Å²) in [6.45, 7) is 17.7. The van der Waals surface area contributed by atoms with Gasteiger partial charge in [-0.05, 0) is 96.5 Å². The van der Waals surface area contributed by atoms with Crippen LogP contribution in [0.15, 0.2) is 22.8 Å². The van der Waals surface area contributed by atoms with Crippen LogP contribution in [0.25, 0.3) is 0 Å². The number of nitriles is 1. The third kappa shape index (κ3) is 3.65. The van der Waals surface area contributed by atoms with Crippen molar-refractivity contribution in [2.45, 2.75) is 119 Å². The predicted molar refractivity (Wildman–Crippen MR) is 152 cm³/mol. The molecule has 7 atom stereocenters. The van der Waals surface area contributed by atoms with E-state index in [9.17, 15) is 19.6 Å². The number of Topliss-reactive ketones (excluding diaryl/α,β-unsaturated/α-hetero) is 1. The second-order valence-electron chi connectivity index (χ2n) is 15.7. The number of carbonyl (C=O) groups is 3. The van der Waals surface area contributed by atoms with Crippen molar-refractivity contribution in [3.63, 3.8) is 0 Å². The van der Waals surface area contributed by atoms with Gasteiger partial charge in [-0.2, -0.15) is 5.26 Å². The largest absolute Gasteiger partial charge is 0.350 e. The van der Waals surface area contributed by atoms with Gasteiger partial charge in [0.25, 0.3) is 0 Å². The van der Waals surface area contributed by atoms with Crippen LogP contribution in [0.3, 0.4) is 0 Å². The van der Waals surface area contributed by atoms with Crippen LogP contribution < -0.4 is 5.32 Å². The van der Waals surface area contributed by atoms with Gasteiger partial charge in [-0.1, -0.05) is 61.5 Å². The minimum Gasteiger partial charge on any atom is -0.350 e. The first kappa shape index (κ1) is 28.3. The second kappa shape index (κ2) is 8.64. The van der Waals surface area contributed by atoms with E-state index in [4.69, 9.17) is 0 Å². The van der Waals surface area contributed by atoms with Crippen molar-refractivity contribution in [1.82, 2.24) is 5.32 Å². The van der Waals surface area contributed by atoms with E-state index >= 15 is 0 Å². The molecule has 1 N–H and O–H groups in total. The molecule has 0 radical (unpaired) electrons. The van der Waals surface area contributed by atoms with Crippen LogP contribution in [-0.2, 0) is 14.4 Å². The summed E-state index contributed by atoms with van der Waals surface area (Å²) < 4.78 is 0. The number of amides is 1. The number of nitrogens with zero attached hydrogens (tertiary/aromatic N) is 1. The van der Waals surface area contributed by atoms with Gasteiger partial charge < -0.3 is 5.32 Å². The summed E-state index contributed by atoms with van der Waals surface area (Å²) >= 11 is 0. The lowest BCUT2D eigenvalue weighted by atomic mass is 9.34. The Hall–Kier alpha value is -2.22. The first-order valence-electron chi connectivity index (χ1n) is 15.2. The molecule has 0 aromatic heterocycles. The van der Waals surface area contributed by atoms with E-state index in [1.807, 2.05) is 26.8 Å². The van der Waals surface area contributed by atoms with Crippen LogP contribution in [0.2, 0.25) is 0 Å². The highest BCUT2D eigenvalue weighted by molar-refractivity contribution is 6.04. The van der Waals surface area contributed by atoms with Crippen molar-refractivity contribution < 1.29 is 14.4 Å². The topological polar surface area (TPSA) is 87.0 Å². The molecule has 3 saturated carbocycles. The lowest BCUT2D eigenvalue weighted by Gasteiger charge is -2.70. The van der Waals surface area contributed by atoms with Gasteiger partial charge in [0.05, 0.1) is 5.57 Å². The molecular formula is C34H48N2O3. The van der Waals surface area contributed by atoms with Gasteiger partial charge in [0.1, 0.15) is 12.4 Å². The SMILES string of the molecule is CCC(=O)NC12CCC(C)(C)CC1C1CC(C=O)=C3C4(C)C=C(C#N)C(=O)C(C)(C)C4CCC3(C)C1(C)CC2. The Balaban J connectivity index is 1.71. The van der Waals surface area contributed by atoms with Crippen molar-refractivity contribution in [2.75, 3.05) is 0 Å². The summed E-state index contributed by atoms with van der Waals surface area (Å²) in [7, 11) is 0. The van der Waals surface area contributed by atoms with Gasteiger partial charge in [0.15, 0.2) is 5.78 Å². The van der Waals surface area contributed by atoms with E-state index in [1.54, 1.807) is 0 Å². The van der Waals surface area contributed by atoms with Crippen molar-refractivity contribution in [2.24, 2.45) is 44.8 Å². The molecule has 7 unspecified atom stereocenters. The van der Waals surface area contributed by atoms with Crippen LogP contribution in [-0.4, -0.2) is 23.5 Å². The fourth-order valence-corrected chi connectivity index (χ4v) is 10.8. The Morgan fingerprint density at radius 1 is 1.05 bits per heavy atom. The number of allylic oxidation sites excluding steroid dienone is 4. The number of hydrogen-bond acceptors (Lipinski definition) is 4. The van der Waals surface area contributed by atoms with Crippen molar-refractivity contribution in [1.29, 1.82) is 5.26 Å². The first-order chi connectivity index (χ1) is 18.0. The standard InChI is InChI=1S/C34H48N2O3/c1-9-26(38)36-34-14-12-29(2,3)18-24(34)23-16-21(20-37)27-31(6)17-22(19-35)28(39)30(4,5)25(31)10-11-33(27,8)32(23,7)13-15-34/h17,20,23-25H,9-16,18H2,1-8H3,(H,36,38). The first-order valence-corrected chi connectivity index (χ1v) is 15.2. The van der Waals surface area contributed by atoms with Crippen LogP contribution >= 0.6 is 0 Å². The molecule has 0 aliphatic heterocycles. The Bertz CT molecular complexity index is 1230. The highest BCUT2D eigenvalue weighted by atomic mass is 16.2. The molecular weight excluding hydrogens is 484 g/mol. The molecule has 0 spiro atoms. The molecule has 1 amide bonds. The maximum atomic E-state index is 13.3. The molecule has 3 fully saturated rings. The molecule has 5 heteroatoms. The second-order valence-corrected chi connectivity index (χ2v) is 15.7. The Morgan fingerprint density at radius 3 is 2.33 bits per heavy atom. The zero-order valence-electron chi connectivity index (χ0n) is 25.4. The Morgan fingerprint density at radius 2 is 1.72 bits per heavy atom. The molecule has 0 saturated heterocycles. The van der Waals surface area contributed by atoms with Gasteiger partial charge in [0.2, 0.25) is 5.91 Å². The smallest absolute Gasteiger partial charge is 0.220 e. The molecule has 0 bridgehead atoms. The maximum absolute atomic E-state index is 13.3. The molecule has 0 aromatic carbocycles. The molecule has 0 heterocycles. The van der Waals surface area contributed by atoms with Gasteiger partial charge >= 0.3 is 0 Å². The van der Waals surface area contributed by atoms with Crippen LogP contribution in [0.4, 0.5) is 0 Å². The molecule has 5 nitrogen and oxygen atoms in total. The fraction of sp³-hybridized carbons (Fsp3) is 0.765. The van der Waals surface area contributed by atoms with Crippen molar-refractivity contribution >= 4 is 18.0 Å². The maximum Gasteiger partial charge on any atom is 0.220 e. The summed E-state index contributed by atoms with van der Waals surface area (Å²) in [4.78, 5) is 39.2. The van der Waals surface area contributed by atoms with Gasteiger partial charge in [-0.15, -0.1) is 0 Å². The minimum absolute atomic E-state index is 0.0480. The lowest BCUT2D eigenvalue weighted by molar-refractivity contribution is -0.154. The Labute approximate surface area is 235 Å². The molecule has 212 valence electrons. The number of nitrogens with one attached hydrogen (secondary N) is 1. The van der Waals surface area contributed by atoms with E-state index < -0.39 is 10.8 Å².